The molecule has 0 aliphatic rings. The summed E-state index contributed by atoms with van der Waals surface area (Å²) in [6.45, 7) is 0. The lowest BCUT2D eigenvalue weighted by Gasteiger charge is -2.05. The molecule has 0 saturated heterocycles. The number of rotatable bonds is 3. The molecule has 1 aromatic heterocycles. The molecule has 0 radical (unpaired) electrons. The van der Waals surface area contributed by atoms with Gasteiger partial charge in [0.1, 0.15) is 0 Å². The van der Waals surface area contributed by atoms with Crippen LogP contribution in [0.25, 0.3) is 0 Å². The molecule has 0 fully saturated rings. The van der Waals surface area contributed by atoms with Crippen LogP contribution in [0.1, 0.15) is 15.9 Å². The van der Waals surface area contributed by atoms with Gasteiger partial charge in [-0.25, -0.2) is 0 Å². The van der Waals surface area contributed by atoms with E-state index in [0.29, 0.717) is 21.4 Å². The fourth-order valence-corrected chi connectivity index (χ4v) is 1.94. The Bertz CT molecular complexity index is 599. The second kappa shape index (κ2) is 5.18. The maximum atomic E-state index is 12.1. The summed E-state index contributed by atoms with van der Waals surface area (Å²) in [6, 6.07) is 6.80. The number of pyridine rings is 1. The van der Waals surface area contributed by atoms with E-state index in [9.17, 15) is 4.79 Å². The molecule has 92 valence electrons. The molecule has 18 heavy (non-hydrogen) atoms. The smallest absolute Gasteiger partial charge is 0.167 e. The molecule has 1 aromatic carbocycles. The zero-order valence-electron chi connectivity index (χ0n) is 9.56. The molecule has 0 aliphatic carbocycles. The number of hydrogen-bond donors (Lipinski definition) is 2. The average Bonchev–Trinajstić information content (AvgIpc) is 2.35. The van der Waals surface area contributed by atoms with E-state index in [1.54, 1.807) is 36.7 Å². The molecule has 0 bridgehead atoms. The molecule has 2 aromatic rings. The van der Waals surface area contributed by atoms with E-state index in [0.717, 1.165) is 5.56 Å². The Balaban J connectivity index is 2.22. The highest BCUT2D eigenvalue weighted by Crippen LogP contribution is 2.22. The number of nitrogens with two attached hydrogens (primary N) is 2. The van der Waals surface area contributed by atoms with Gasteiger partial charge in [-0.3, -0.25) is 9.78 Å². The number of aromatic nitrogens is 1. The van der Waals surface area contributed by atoms with E-state index in [2.05, 4.69) is 20.9 Å². The molecular formula is C13H12BrN3O. The Labute approximate surface area is 113 Å². The van der Waals surface area contributed by atoms with Crippen LogP contribution in [0, 0.1) is 0 Å². The quantitative estimate of drug-likeness (QED) is 0.674. The van der Waals surface area contributed by atoms with Crippen LogP contribution >= 0.6 is 15.9 Å². The third-order valence-corrected chi connectivity index (χ3v) is 3.30. The van der Waals surface area contributed by atoms with E-state index in [4.69, 9.17) is 11.5 Å². The molecule has 4 N–H and O–H groups in total. The van der Waals surface area contributed by atoms with E-state index in [-0.39, 0.29) is 12.2 Å². The van der Waals surface area contributed by atoms with Crippen molar-refractivity contribution in [3.63, 3.8) is 0 Å². The minimum atomic E-state index is -0.0181. The van der Waals surface area contributed by atoms with Gasteiger partial charge in [0.15, 0.2) is 5.78 Å². The first kappa shape index (κ1) is 12.6. The van der Waals surface area contributed by atoms with Gasteiger partial charge in [-0.1, -0.05) is 0 Å². The molecule has 5 heteroatoms. The van der Waals surface area contributed by atoms with Crippen molar-refractivity contribution in [2.45, 2.75) is 6.42 Å². The predicted molar refractivity (Wildman–Crippen MR) is 75.2 cm³/mol. The minimum Gasteiger partial charge on any atom is -0.398 e. The van der Waals surface area contributed by atoms with Gasteiger partial charge in [-0.15, -0.1) is 0 Å². The number of nitrogen functional groups attached to an aromatic ring is 2. The zero-order chi connectivity index (χ0) is 13.1. The monoisotopic (exact) mass is 305 g/mol. The highest BCUT2D eigenvalue weighted by Gasteiger charge is 2.10. The van der Waals surface area contributed by atoms with E-state index >= 15 is 0 Å². The number of ketones is 1. The molecule has 2 rings (SSSR count). The highest BCUT2D eigenvalue weighted by atomic mass is 79.9. The maximum absolute atomic E-state index is 12.1. The molecule has 0 aliphatic heterocycles. The number of hydrogen-bond acceptors (Lipinski definition) is 4. The SMILES string of the molecule is Nc1ccc(C(=O)Cc2cnccc2N)cc1Br. The van der Waals surface area contributed by atoms with Gasteiger partial charge >= 0.3 is 0 Å². The van der Waals surface area contributed by atoms with Gasteiger partial charge in [0, 0.05) is 45.8 Å². The van der Waals surface area contributed by atoms with Crippen LogP contribution in [0.15, 0.2) is 41.1 Å². The summed E-state index contributed by atoms with van der Waals surface area (Å²) >= 11 is 3.30. The van der Waals surface area contributed by atoms with Crippen molar-refractivity contribution in [2.75, 3.05) is 11.5 Å². The topological polar surface area (TPSA) is 82.0 Å². The Kier molecular flexibility index (Phi) is 3.62. The number of carbonyl (C=O) groups is 1. The molecule has 0 amide bonds. The van der Waals surface area contributed by atoms with E-state index in [1.807, 2.05) is 0 Å². The molecule has 1 heterocycles. The van der Waals surface area contributed by atoms with Crippen LogP contribution in [0.5, 0.6) is 0 Å². The second-order valence-corrected chi connectivity index (χ2v) is 4.77. The summed E-state index contributed by atoms with van der Waals surface area (Å²) in [5, 5.41) is 0. The van der Waals surface area contributed by atoms with Crippen LogP contribution in [0.2, 0.25) is 0 Å². The van der Waals surface area contributed by atoms with Crippen LogP contribution in [-0.4, -0.2) is 10.8 Å². The lowest BCUT2D eigenvalue weighted by molar-refractivity contribution is 0.0993. The van der Waals surface area contributed by atoms with Gasteiger partial charge in [-0.2, -0.15) is 0 Å². The summed E-state index contributed by atoms with van der Waals surface area (Å²) in [4.78, 5) is 16.0. The Morgan fingerprint density at radius 2 is 2.00 bits per heavy atom. The average molecular weight is 306 g/mol. The van der Waals surface area contributed by atoms with Crippen molar-refractivity contribution >= 4 is 33.1 Å². The van der Waals surface area contributed by atoms with Gasteiger partial charge in [-0.05, 0) is 40.2 Å². The minimum absolute atomic E-state index is 0.0181. The van der Waals surface area contributed by atoms with Crippen LogP contribution in [-0.2, 0) is 6.42 Å². The van der Waals surface area contributed by atoms with E-state index in [1.165, 1.54) is 0 Å². The van der Waals surface area contributed by atoms with Crippen LogP contribution in [0.3, 0.4) is 0 Å². The summed E-state index contributed by atoms with van der Waals surface area (Å²) in [5.74, 6) is -0.0181. The van der Waals surface area contributed by atoms with Gasteiger partial charge in [0.05, 0.1) is 0 Å². The van der Waals surface area contributed by atoms with E-state index < -0.39 is 0 Å². The number of Topliss-reactive ketones (excluding diaryl/α,β-unsaturated/α-hetero) is 1. The predicted octanol–water partition coefficient (Wildman–Crippen LogP) is 2.43. The lowest BCUT2D eigenvalue weighted by Crippen LogP contribution is -2.06. The van der Waals surface area contributed by atoms with Gasteiger partial charge < -0.3 is 11.5 Å². The number of anilines is 2. The molecule has 4 nitrogen and oxygen atoms in total. The van der Waals surface area contributed by atoms with Crippen LogP contribution in [0.4, 0.5) is 11.4 Å². The molecule has 0 spiro atoms. The first-order chi connectivity index (χ1) is 8.58. The summed E-state index contributed by atoms with van der Waals surface area (Å²) in [5.41, 5.74) is 14.0. The van der Waals surface area contributed by atoms with Crippen molar-refractivity contribution < 1.29 is 4.79 Å². The standard InChI is InChI=1S/C13H12BrN3O/c14-10-5-8(1-2-12(10)16)13(18)6-9-7-17-4-3-11(9)15/h1-5,7H,6,16H2,(H2,15,17). The van der Waals surface area contributed by atoms with Crippen molar-refractivity contribution in [3.8, 4) is 0 Å². The summed E-state index contributed by atoms with van der Waals surface area (Å²) in [6.07, 6.45) is 3.44. The molecule has 0 atom stereocenters. The Hall–Kier alpha value is -1.88. The zero-order valence-corrected chi connectivity index (χ0v) is 11.1. The highest BCUT2D eigenvalue weighted by molar-refractivity contribution is 9.10. The third kappa shape index (κ3) is 2.68. The first-order valence-corrected chi connectivity index (χ1v) is 6.14. The van der Waals surface area contributed by atoms with Crippen molar-refractivity contribution in [3.05, 3.63) is 52.3 Å². The number of halogens is 1. The lowest BCUT2D eigenvalue weighted by atomic mass is 10.0. The van der Waals surface area contributed by atoms with Gasteiger partial charge in [0.25, 0.3) is 0 Å². The summed E-state index contributed by atoms with van der Waals surface area (Å²) < 4.78 is 0.715. The van der Waals surface area contributed by atoms with Crippen molar-refractivity contribution in [1.82, 2.24) is 4.98 Å². The Morgan fingerprint density at radius 1 is 1.22 bits per heavy atom. The molecule has 0 saturated carbocycles. The van der Waals surface area contributed by atoms with Crippen molar-refractivity contribution in [1.29, 1.82) is 0 Å². The third-order valence-electron chi connectivity index (χ3n) is 2.61. The first-order valence-electron chi connectivity index (χ1n) is 5.34. The largest absolute Gasteiger partial charge is 0.398 e. The Morgan fingerprint density at radius 3 is 2.67 bits per heavy atom. The number of benzene rings is 1. The molecule has 0 unspecified atom stereocenters. The fourth-order valence-electron chi connectivity index (χ4n) is 1.56. The number of carbonyl (C=O) groups excluding carboxylic acids is 1. The van der Waals surface area contributed by atoms with Crippen molar-refractivity contribution in [2.24, 2.45) is 0 Å². The molecular weight excluding hydrogens is 294 g/mol. The fraction of sp³-hybridized carbons (Fsp3) is 0.0769. The maximum Gasteiger partial charge on any atom is 0.167 e. The summed E-state index contributed by atoms with van der Waals surface area (Å²) in [7, 11) is 0. The van der Waals surface area contributed by atoms with Gasteiger partial charge in [0.2, 0.25) is 0 Å². The second-order valence-electron chi connectivity index (χ2n) is 3.91. The van der Waals surface area contributed by atoms with Crippen LogP contribution < -0.4 is 11.5 Å². The number of nitrogens with zero attached hydrogens (tertiary/aromatic N) is 1. The normalized spacial score (nSPS) is 10.3.